The number of hydrazine groups is 1. The average Bonchev–Trinajstić information content (AvgIpc) is 2.49. The van der Waals surface area contributed by atoms with Crippen molar-refractivity contribution in [2.45, 2.75) is 6.92 Å². The van der Waals surface area contributed by atoms with Crippen molar-refractivity contribution in [3.63, 3.8) is 0 Å². The zero-order valence-electron chi connectivity index (χ0n) is 11.7. The van der Waals surface area contributed by atoms with Gasteiger partial charge in [-0.05, 0) is 58.7 Å². The van der Waals surface area contributed by atoms with Crippen molar-refractivity contribution in [1.29, 1.82) is 0 Å². The van der Waals surface area contributed by atoms with Crippen LogP contribution in [0.25, 0.3) is 0 Å². The van der Waals surface area contributed by atoms with E-state index in [1.165, 1.54) is 0 Å². The summed E-state index contributed by atoms with van der Waals surface area (Å²) in [5, 5.41) is 2.83. The van der Waals surface area contributed by atoms with Gasteiger partial charge in [-0.25, -0.2) is 0 Å². The number of nitrogen functional groups attached to an aromatic ring is 1. The molecule has 0 aliphatic carbocycles. The van der Waals surface area contributed by atoms with Crippen LogP contribution in [0, 0.1) is 6.92 Å². The summed E-state index contributed by atoms with van der Waals surface area (Å²) in [4.78, 5) is 12.2. The Morgan fingerprint density at radius 2 is 2.00 bits per heavy atom. The van der Waals surface area contributed by atoms with Gasteiger partial charge >= 0.3 is 0 Å². The van der Waals surface area contributed by atoms with Gasteiger partial charge in [0.15, 0.2) is 0 Å². The molecule has 21 heavy (non-hydrogen) atoms. The predicted octanol–water partition coefficient (Wildman–Crippen LogP) is 3.30. The van der Waals surface area contributed by atoms with Crippen molar-refractivity contribution in [3.8, 4) is 5.75 Å². The van der Waals surface area contributed by atoms with Gasteiger partial charge in [0.2, 0.25) is 0 Å². The minimum atomic E-state index is -0.189. The van der Waals surface area contributed by atoms with Crippen molar-refractivity contribution in [2.24, 2.45) is 5.84 Å². The van der Waals surface area contributed by atoms with Gasteiger partial charge in [-0.3, -0.25) is 10.6 Å². The van der Waals surface area contributed by atoms with Gasteiger partial charge in [-0.15, -0.1) is 0 Å². The number of carbonyl (C=O) groups is 1. The molecule has 2 rings (SSSR count). The van der Waals surface area contributed by atoms with E-state index < -0.39 is 0 Å². The minimum absolute atomic E-state index is 0.189. The highest BCUT2D eigenvalue weighted by atomic mass is 79.9. The SMILES string of the molecule is COc1cc(NC(=O)c2ccc(NN)c(C)c2)ccc1Br. The number of carbonyl (C=O) groups excluding carboxylic acids is 1. The number of nitrogens with one attached hydrogen (secondary N) is 2. The maximum atomic E-state index is 12.2. The normalized spacial score (nSPS) is 10.1. The van der Waals surface area contributed by atoms with Crippen LogP contribution in [0.4, 0.5) is 11.4 Å². The van der Waals surface area contributed by atoms with Gasteiger partial charge in [0.1, 0.15) is 5.75 Å². The van der Waals surface area contributed by atoms with Gasteiger partial charge in [-0.1, -0.05) is 0 Å². The molecule has 110 valence electrons. The summed E-state index contributed by atoms with van der Waals surface area (Å²) >= 11 is 3.37. The third-order valence-electron chi connectivity index (χ3n) is 3.05. The summed E-state index contributed by atoms with van der Waals surface area (Å²) in [5.74, 6) is 5.85. The largest absolute Gasteiger partial charge is 0.495 e. The van der Waals surface area contributed by atoms with Gasteiger partial charge in [0.25, 0.3) is 5.91 Å². The summed E-state index contributed by atoms with van der Waals surface area (Å²) < 4.78 is 6.03. The standard InChI is InChI=1S/C15H16BrN3O2/c1-9-7-10(3-6-13(9)19-17)15(20)18-11-4-5-12(16)14(8-11)21-2/h3-8,19H,17H2,1-2H3,(H,18,20). The minimum Gasteiger partial charge on any atom is -0.495 e. The molecule has 0 atom stereocenters. The molecule has 0 aliphatic rings. The molecule has 5 nitrogen and oxygen atoms in total. The molecule has 0 saturated carbocycles. The van der Waals surface area contributed by atoms with Crippen LogP contribution in [0.15, 0.2) is 40.9 Å². The fraction of sp³-hybridized carbons (Fsp3) is 0.133. The molecule has 0 unspecified atom stereocenters. The number of halogens is 1. The molecule has 0 aromatic heterocycles. The molecule has 0 spiro atoms. The Labute approximate surface area is 131 Å². The van der Waals surface area contributed by atoms with E-state index in [4.69, 9.17) is 10.6 Å². The Balaban J connectivity index is 2.19. The molecule has 2 aromatic carbocycles. The summed E-state index contributed by atoms with van der Waals surface area (Å²) in [5.41, 5.74) is 5.50. The van der Waals surface area contributed by atoms with Crippen molar-refractivity contribution >= 4 is 33.2 Å². The second-order valence-corrected chi connectivity index (χ2v) is 5.33. The molecule has 0 fully saturated rings. The number of hydrogen-bond donors (Lipinski definition) is 3. The number of hydrogen-bond acceptors (Lipinski definition) is 4. The number of ether oxygens (including phenoxy) is 1. The molecule has 0 heterocycles. The highest BCUT2D eigenvalue weighted by Crippen LogP contribution is 2.28. The van der Waals surface area contributed by atoms with E-state index >= 15 is 0 Å². The number of benzene rings is 2. The smallest absolute Gasteiger partial charge is 0.255 e. The maximum Gasteiger partial charge on any atom is 0.255 e. The number of anilines is 2. The first-order valence-corrected chi connectivity index (χ1v) is 7.06. The van der Waals surface area contributed by atoms with Crippen LogP contribution in [-0.4, -0.2) is 13.0 Å². The quantitative estimate of drug-likeness (QED) is 0.584. The number of nitrogens with two attached hydrogens (primary N) is 1. The maximum absolute atomic E-state index is 12.2. The Hall–Kier alpha value is -2.05. The fourth-order valence-corrected chi connectivity index (χ4v) is 2.32. The summed E-state index contributed by atoms with van der Waals surface area (Å²) in [6, 6.07) is 10.6. The first kappa shape index (κ1) is 15.3. The second-order valence-electron chi connectivity index (χ2n) is 4.48. The lowest BCUT2D eigenvalue weighted by atomic mass is 10.1. The zero-order valence-corrected chi connectivity index (χ0v) is 13.3. The number of aryl methyl sites for hydroxylation is 1. The molecular weight excluding hydrogens is 334 g/mol. The highest BCUT2D eigenvalue weighted by molar-refractivity contribution is 9.10. The van der Waals surface area contributed by atoms with Crippen LogP contribution >= 0.6 is 15.9 Å². The zero-order chi connectivity index (χ0) is 15.4. The second kappa shape index (κ2) is 6.60. The third-order valence-corrected chi connectivity index (χ3v) is 3.71. The predicted molar refractivity (Wildman–Crippen MR) is 87.6 cm³/mol. The number of rotatable bonds is 4. The van der Waals surface area contributed by atoms with Crippen LogP contribution in [0.2, 0.25) is 0 Å². The average molecular weight is 350 g/mol. The van der Waals surface area contributed by atoms with E-state index in [1.807, 2.05) is 13.0 Å². The van der Waals surface area contributed by atoms with E-state index in [2.05, 4.69) is 26.7 Å². The number of methoxy groups -OCH3 is 1. The molecule has 0 saturated heterocycles. The topological polar surface area (TPSA) is 76.4 Å². The lowest BCUT2D eigenvalue weighted by molar-refractivity contribution is 0.102. The van der Waals surface area contributed by atoms with E-state index in [1.54, 1.807) is 37.4 Å². The highest BCUT2D eigenvalue weighted by Gasteiger charge is 2.09. The van der Waals surface area contributed by atoms with Crippen LogP contribution < -0.4 is 21.3 Å². The Morgan fingerprint density at radius 3 is 2.62 bits per heavy atom. The number of amides is 1. The van der Waals surface area contributed by atoms with Gasteiger partial charge in [-0.2, -0.15) is 0 Å². The van der Waals surface area contributed by atoms with Crippen molar-refractivity contribution < 1.29 is 9.53 Å². The van der Waals surface area contributed by atoms with Gasteiger partial charge < -0.3 is 15.5 Å². The lowest BCUT2D eigenvalue weighted by Gasteiger charge is -2.10. The molecule has 0 aliphatic heterocycles. The molecule has 1 amide bonds. The fourth-order valence-electron chi connectivity index (χ4n) is 1.91. The van der Waals surface area contributed by atoms with Crippen molar-refractivity contribution in [3.05, 3.63) is 52.0 Å². The third kappa shape index (κ3) is 3.53. The van der Waals surface area contributed by atoms with E-state index in [0.29, 0.717) is 17.0 Å². The van der Waals surface area contributed by atoms with E-state index in [-0.39, 0.29) is 5.91 Å². The molecule has 0 bridgehead atoms. The van der Waals surface area contributed by atoms with Crippen LogP contribution in [0.5, 0.6) is 5.75 Å². The first-order valence-electron chi connectivity index (χ1n) is 6.27. The Bertz CT molecular complexity index is 674. The summed E-state index contributed by atoms with van der Waals surface area (Å²) in [6.07, 6.45) is 0. The first-order chi connectivity index (χ1) is 10.0. The van der Waals surface area contributed by atoms with Crippen molar-refractivity contribution in [1.82, 2.24) is 0 Å². The Morgan fingerprint density at radius 1 is 1.24 bits per heavy atom. The van der Waals surface area contributed by atoms with Gasteiger partial charge in [0.05, 0.1) is 17.3 Å². The van der Waals surface area contributed by atoms with Crippen LogP contribution in [-0.2, 0) is 0 Å². The summed E-state index contributed by atoms with van der Waals surface area (Å²) in [7, 11) is 1.58. The van der Waals surface area contributed by atoms with E-state index in [9.17, 15) is 4.79 Å². The van der Waals surface area contributed by atoms with Crippen LogP contribution in [0.1, 0.15) is 15.9 Å². The molecule has 0 radical (unpaired) electrons. The lowest BCUT2D eigenvalue weighted by Crippen LogP contribution is -2.13. The molecular formula is C15H16BrN3O2. The van der Waals surface area contributed by atoms with Crippen molar-refractivity contribution in [2.75, 3.05) is 17.9 Å². The van der Waals surface area contributed by atoms with E-state index in [0.717, 1.165) is 15.7 Å². The molecule has 6 heteroatoms. The monoisotopic (exact) mass is 349 g/mol. The van der Waals surface area contributed by atoms with Crippen LogP contribution in [0.3, 0.4) is 0 Å². The molecule has 4 N–H and O–H groups in total. The Kier molecular flexibility index (Phi) is 4.82. The van der Waals surface area contributed by atoms with Gasteiger partial charge in [0, 0.05) is 17.3 Å². The summed E-state index contributed by atoms with van der Waals surface area (Å²) in [6.45, 7) is 1.88. The molecule has 2 aromatic rings.